The highest BCUT2D eigenvalue weighted by Gasteiger charge is 2.33. The van der Waals surface area contributed by atoms with Gasteiger partial charge in [-0.3, -0.25) is 0 Å². The van der Waals surface area contributed by atoms with Gasteiger partial charge < -0.3 is 19.7 Å². The summed E-state index contributed by atoms with van der Waals surface area (Å²) in [6.07, 6.45) is 0.903. The molecule has 2 atom stereocenters. The van der Waals surface area contributed by atoms with E-state index in [4.69, 9.17) is 9.47 Å². The first-order valence-corrected chi connectivity index (χ1v) is 7.43. The third kappa shape index (κ3) is 4.35. The standard InChI is InChI=1S/C17H28O4/c1-6-15(18)17(2,3)16(19)10-8-12-7-9-13(20-4)14(11-12)21-5/h7,9,11,15-16,18-19H,6,8,10H2,1-5H3. The van der Waals surface area contributed by atoms with Gasteiger partial charge in [0.05, 0.1) is 26.4 Å². The average Bonchev–Trinajstić information content (AvgIpc) is 2.50. The lowest BCUT2D eigenvalue weighted by atomic mass is 9.77. The van der Waals surface area contributed by atoms with Crippen LogP contribution in [-0.4, -0.2) is 36.6 Å². The minimum absolute atomic E-state index is 0.502. The second-order valence-corrected chi connectivity index (χ2v) is 5.99. The molecule has 0 aliphatic carbocycles. The van der Waals surface area contributed by atoms with Crippen LogP contribution in [0.5, 0.6) is 11.5 Å². The van der Waals surface area contributed by atoms with E-state index in [1.165, 1.54) is 0 Å². The molecule has 4 heteroatoms. The summed E-state index contributed by atoms with van der Waals surface area (Å²) in [7, 11) is 3.22. The maximum absolute atomic E-state index is 10.4. The minimum Gasteiger partial charge on any atom is -0.493 e. The number of rotatable bonds is 8. The van der Waals surface area contributed by atoms with Crippen molar-refractivity contribution in [2.24, 2.45) is 5.41 Å². The van der Waals surface area contributed by atoms with Crippen molar-refractivity contribution in [3.05, 3.63) is 23.8 Å². The number of aryl methyl sites for hydroxylation is 1. The highest BCUT2D eigenvalue weighted by Crippen LogP contribution is 2.32. The van der Waals surface area contributed by atoms with Gasteiger partial charge in [-0.2, -0.15) is 0 Å². The molecule has 1 aromatic rings. The van der Waals surface area contributed by atoms with Gasteiger partial charge in [0.15, 0.2) is 11.5 Å². The van der Waals surface area contributed by atoms with Crippen LogP contribution in [0.15, 0.2) is 18.2 Å². The van der Waals surface area contributed by atoms with Crippen LogP contribution in [0.25, 0.3) is 0 Å². The van der Waals surface area contributed by atoms with E-state index in [0.29, 0.717) is 24.3 Å². The lowest BCUT2D eigenvalue weighted by Gasteiger charge is -2.35. The summed E-state index contributed by atoms with van der Waals surface area (Å²) >= 11 is 0. The summed E-state index contributed by atoms with van der Waals surface area (Å²) < 4.78 is 10.5. The molecule has 4 nitrogen and oxygen atoms in total. The Labute approximate surface area is 127 Å². The normalized spacial score (nSPS) is 14.6. The molecular formula is C17H28O4. The average molecular weight is 296 g/mol. The second kappa shape index (κ2) is 7.66. The van der Waals surface area contributed by atoms with Crippen molar-refractivity contribution in [1.82, 2.24) is 0 Å². The molecule has 21 heavy (non-hydrogen) atoms. The number of benzene rings is 1. The van der Waals surface area contributed by atoms with Crippen molar-refractivity contribution in [3.63, 3.8) is 0 Å². The van der Waals surface area contributed by atoms with Crippen LogP contribution in [0.3, 0.4) is 0 Å². The smallest absolute Gasteiger partial charge is 0.160 e. The molecular weight excluding hydrogens is 268 g/mol. The number of ether oxygens (including phenoxy) is 2. The summed E-state index contributed by atoms with van der Waals surface area (Å²) in [4.78, 5) is 0. The maximum atomic E-state index is 10.4. The molecule has 0 aliphatic rings. The Morgan fingerprint density at radius 1 is 1.05 bits per heavy atom. The molecule has 0 aliphatic heterocycles. The zero-order valence-corrected chi connectivity index (χ0v) is 13.7. The van der Waals surface area contributed by atoms with Crippen LogP contribution in [0.1, 0.15) is 39.2 Å². The number of aliphatic hydroxyl groups excluding tert-OH is 2. The summed E-state index contributed by atoms with van der Waals surface area (Å²) in [6, 6.07) is 5.76. The van der Waals surface area contributed by atoms with E-state index in [9.17, 15) is 10.2 Å². The first kappa shape index (κ1) is 17.8. The van der Waals surface area contributed by atoms with Gasteiger partial charge in [0, 0.05) is 5.41 Å². The molecule has 0 saturated heterocycles. The quantitative estimate of drug-likeness (QED) is 0.774. The van der Waals surface area contributed by atoms with Crippen LogP contribution >= 0.6 is 0 Å². The predicted octanol–water partition coefficient (Wildman–Crippen LogP) is 2.79. The van der Waals surface area contributed by atoms with Crippen LogP contribution < -0.4 is 9.47 Å². The van der Waals surface area contributed by atoms with Gasteiger partial charge in [0.1, 0.15) is 0 Å². The number of aliphatic hydroxyl groups is 2. The zero-order chi connectivity index (χ0) is 16.0. The van der Waals surface area contributed by atoms with E-state index in [1.807, 2.05) is 39.0 Å². The van der Waals surface area contributed by atoms with Crippen molar-refractivity contribution in [1.29, 1.82) is 0 Å². The van der Waals surface area contributed by atoms with Gasteiger partial charge in [0.2, 0.25) is 0 Å². The first-order valence-electron chi connectivity index (χ1n) is 7.43. The Bertz CT molecular complexity index is 442. The molecule has 2 N–H and O–H groups in total. The first-order chi connectivity index (χ1) is 9.86. The Kier molecular flexibility index (Phi) is 6.49. The van der Waals surface area contributed by atoms with Crippen molar-refractivity contribution < 1.29 is 19.7 Å². The van der Waals surface area contributed by atoms with Crippen LogP contribution in [0, 0.1) is 5.41 Å². The second-order valence-electron chi connectivity index (χ2n) is 5.99. The van der Waals surface area contributed by atoms with Crippen LogP contribution in [0.2, 0.25) is 0 Å². The van der Waals surface area contributed by atoms with Crippen molar-refractivity contribution in [3.8, 4) is 11.5 Å². The van der Waals surface area contributed by atoms with Crippen molar-refractivity contribution >= 4 is 0 Å². The van der Waals surface area contributed by atoms with E-state index in [2.05, 4.69) is 0 Å². The van der Waals surface area contributed by atoms with E-state index in [1.54, 1.807) is 14.2 Å². The van der Waals surface area contributed by atoms with Crippen LogP contribution in [0.4, 0.5) is 0 Å². The molecule has 0 spiro atoms. The Balaban J connectivity index is 2.71. The molecule has 1 aromatic carbocycles. The molecule has 0 fully saturated rings. The van der Waals surface area contributed by atoms with Gasteiger partial charge in [0.25, 0.3) is 0 Å². The Hall–Kier alpha value is -1.26. The number of hydrogen-bond donors (Lipinski definition) is 2. The lowest BCUT2D eigenvalue weighted by Crippen LogP contribution is -2.40. The minimum atomic E-state index is -0.555. The van der Waals surface area contributed by atoms with E-state index in [0.717, 1.165) is 12.0 Å². The van der Waals surface area contributed by atoms with Gasteiger partial charge in [-0.1, -0.05) is 26.8 Å². The van der Waals surface area contributed by atoms with Gasteiger partial charge in [-0.05, 0) is 37.0 Å². The highest BCUT2D eigenvalue weighted by molar-refractivity contribution is 5.42. The molecule has 120 valence electrons. The fourth-order valence-corrected chi connectivity index (χ4v) is 2.46. The van der Waals surface area contributed by atoms with Gasteiger partial charge >= 0.3 is 0 Å². The molecule has 1 rings (SSSR count). The van der Waals surface area contributed by atoms with E-state index < -0.39 is 17.6 Å². The largest absolute Gasteiger partial charge is 0.493 e. The SMILES string of the molecule is CCC(O)C(C)(C)C(O)CCc1ccc(OC)c(OC)c1. The molecule has 0 heterocycles. The summed E-state index contributed by atoms with van der Waals surface area (Å²) in [5, 5.41) is 20.4. The fourth-order valence-electron chi connectivity index (χ4n) is 2.46. The topological polar surface area (TPSA) is 58.9 Å². The monoisotopic (exact) mass is 296 g/mol. The fraction of sp³-hybridized carbons (Fsp3) is 0.647. The molecule has 0 amide bonds. The third-order valence-electron chi connectivity index (χ3n) is 4.26. The van der Waals surface area contributed by atoms with Crippen molar-refractivity contribution in [2.75, 3.05) is 14.2 Å². The van der Waals surface area contributed by atoms with Crippen molar-refractivity contribution in [2.45, 2.75) is 52.2 Å². The third-order valence-corrected chi connectivity index (χ3v) is 4.26. The highest BCUT2D eigenvalue weighted by atomic mass is 16.5. The molecule has 2 unspecified atom stereocenters. The molecule has 0 aromatic heterocycles. The van der Waals surface area contributed by atoms with Crippen LogP contribution in [-0.2, 0) is 6.42 Å². The van der Waals surface area contributed by atoms with Gasteiger partial charge in [-0.25, -0.2) is 0 Å². The molecule has 0 radical (unpaired) electrons. The maximum Gasteiger partial charge on any atom is 0.160 e. The summed E-state index contributed by atoms with van der Waals surface area (Å²) in [5.74, 6) is 1.39. The van der Waals surface area contributed by atoms with Gasteiger partial charge in [-0.15, -0.1) is 0 Å². The predicted molar refractivity (Wildman–Crippen MR) is 84.0 cm³/mol. The summed E-state index contributed by atoms with van der Waals surface area (Å²) in [6.45, 7) is 5.73. The Morgan fingerprint density at radius 3 is 2.19 bits per heavy atom. The number of hydrogen-bond acceptors (Lipinski definition) is 4. The van der Waals surface area contributed by atoms with E-state index in [-0.39, 0.29) is 0 Å². The summed E-state index contributed by atoms with van der Waals surface area (Å²) in [5.41, 5.74) is 0.569. The Morgan fingerprint density at radius 2 is 1.67 bits per heavy atom. The molecule has 0 bridgehead atoms. The van der Waals surface area contributed by atoms with E-state index >= 15 is 0 Å². The molecule has 0 saturated carbocycles. The number of methoxy groups -OCH3 is 2. The zero-order valence-electron chi connectivity index (χ0n) is 13.7. The lowest BCUT2D eigenvalue weighted by molar-refractivity contribution is -0.0515.